The summed E-state index contributed by atoms with van der Waals surface area (Å²) in [6.45, 7) is 0. The molecule has 0 radical (unpaired) electrons. The molecule has 70 valence electrons. The molecule has 13 heavy (non-hydrogen) atoms. The van der Waals surface area contributed by atoms with Crippen LogP contribution in [0.1, 0.15) is 23.7 Å². The molecule has 0 bridgehead atoms. The zero-order valence-corrected chi connectivity index (χ0v) is 10.3. The van der Waals surface area contributed by atoms with Crippen LogP contribution in [0.25, 0.3) is 0 Å². The lowest BCUT2D eigenvalue weighted by Crippen LogP contribution is -1.97. The third-order valence-corrected chi connectivity index (χ3v) is 4.41. The average Bonchev–Trinajstić information content (AvgIpc) is 2.61. The highest BCUT2D eigenvalue weighted by Crippen LogP contribution is 2.42. The van der Waals surface area contributed by atoms with E-state index >= 15 is 0 Å². The molecule has 1 heterocycles. The van der Waals surface area contributed by atoms with Gasteiger partial charge in [0, 0.05) is 14.5 Å². The summed E-state index contributed by atoms with van der Waals surface area (Å²) in [5.41, 5.74) is 8.25. The van der Waals surface area contributed by atoms with Crippen LogP contribution in [0.5, 0.6) is 0 Å². The number of halogens is 1. The molecule has 0 saturated carbocycles. The van der Waals surface area contributed by atoms with Crippen LogP contribution in [-0.4, -0.2) is 5.75 Å². The van der Waals surface area contributed by atoms with Crippen molar-refractivity contribution in [2.24, 2.45) is 0 Å². The molecule has 1 atom stereocenters. The first-order valence-corrected chi connectivity index (χ1v) is 6.56. The maximum absolute atomic E-state index is 5.95. The van der Waals surface area contributed by atoms with Gasteiger partial charge in [0.15, 0.2) is 0 Å². The molecule has 1 unspecified atom stereocenters. The Labute approximate surface area is 96.6 Å². The van der Waals surface area contributed by atoms with Crippen molar-refractivity contribution in [3.05, 3.63) is 27.3 Å². The fraction of sp³-hybridized carbons (Fsp3) is 0.400. The normalized spacial score (nSPS) is 22.1. The highest BCUT2D eigenvalue weighted by Gasteiger charge is 2.19. The minimum Gasteiger partial charge on any atom is -0.398 e. The van der Waals surface area contributed by atoms with E-state index in [2.05, 4.69) is 34.7 Å². The summed E-state index contributed by atoms with van der Waals surface area (Å²) < 4.78 is 1.29. The quantitative estimate of drug-likeness (QED) is 0.635. The Kier molecular flexibility index (Phi) is 3.03. The average molecular weight is 305 g/mol. The Morgan fingerprint density at radius 3 is 3.00 bits per heavy atom. The van der Waals surface area contributed by atoms with Crippen molar-refractivity contribution >= 4 is 40.0 Å². The Bertz CT molecular complexity index is 308. The standard InChI is InChI=1S/C10H12INS/c11-7-3-4-9(12)8(6-7)10-2-1-5-13-10/h3-4,6,10H,1-2,5,12H2. The number of rotatable bonds is 1. The van der Waals surface area contributed by atoms with Crippen LogP contribution in [0.3, 0.4) is 0 Å². The molecule has 0 aliphatic carbocycles. The number of nitrogen functional groups attached to an aromatic ring is 1. The highest BCUT2D eigenvalue weighted by atomic mass is 127. The van der Waals surface area contributed by atoms with E-state index in [1.807, 2.05) is 17.8 Å². The van der Waals surface area contributed by atoms with Gasteiger partial charge < -0.3 is 5.73 Å². The lowest BCUT2D eigenvalue weighted by atomic mass is 10.1. The van der Waals surface area contributed by atoms with Gasteiger partial charge in [0.1, 0.15) is 0 Å². The van der Waals surface area contributed by atoms with E-state index in [0.29, 0.717) is 5.25 Å². The smallest absolute Gasteiger partial charge is 0.0358 e. The molecule has 1 aromatic rings. The summed E-state index contributed by atoms with van der Waals surface area (Å²) in [5.74, 6) is 1.29. The molecular formula is C10H12INS. The number of benzene rings is 1. The molecule has 2 N–H and O–H groups in total. The number of anilines is 1. The third kappa shape index (κ3) is 2.13. The van der Waals surface area contributed by atoms with Gasteiger partial charge in [0.05, 0.1) is 0 Å². The molecule has 1 aliphatic heterocycles. The van der Waals surface area contributed by atoms with Gasteiger partial charge in [-0.05, 0) is 64.9 Å². The van der Waals surface area contributed by atoms with E-state index in [4.69, 9.17) is 5.73 Å². The van der Waals surface area contributed by atoms with Crippen molar-refractivity contribution in [2.45, 2.75) is 18.1 Å². The van der Waals surface area contributed by atoms with Crippen LogP contribution in [0.15, 0.2) is 18.2 Å². The third-order valence-electron chi connectivity index (χ3n) is 2.33. The second kappa shape index (κ2) is 4.09. The summed E-state index contributed by atoms with van der Waals surface area (Å²) in [6, 6.07) is 6.31. The van der Waals surface area contributed by atoms with Gasteiger partial charge in [0.25, 0.3) is 0 Å². The summed E-state index contributed by atoms with van der Waals surface area (Å²) in [5, 5.41) is 0.648. The Balaban J connectivity index is 2.32. The molecule has 1 nitrogen and oxygen atoms in total. The van der Waals surface area contributed by atoms with Crippen molar-refractivity contribution in [3.63, 3.8) is 0 Å². The minimum absolute atomic E-state index is 0.648. The van der Waals surface area contributed by atoms with Crippen LogP contribution in [0, 0.1) is 3.57 Å². The minimum atomic E-state index is 0.648. The molecule has 1 aromatic carbocycles. The van der Waals surface area contributed by atoms with Gasteiger partial charge in [-0.1, -0.05) is 0 Å². The van der Waals surface area contributed by atoms with E-state index in [1.165, 1.54) is 27.7 Å². The summed E-state index contributed by atoms with van der Waals surface area (Å²) in [4.78, 5) is 0. The SMILES string of the molecule is Nc1ccc(I)cc1C1CCCS1. The van der Waals surface area contributed by atoms with Crippen molar-refractivity contribution < 1.29 is 0 Å². The monoisotopic (exact) mass is 305 g/mol. The van der Waals surface area contributed by atoms with E-state index in [1.54, 1.807) is 0 Å². The lowest BCUT2D eigenvalue weighted by Gasteiger charge is -2.12. The van der Waals surface area contributed by atoms with Crippen molar-refractivity contribution in [3.8, 4) is 0 Å². The number of hydrogen-bond acceptors (Lipinski definition) is 2. The van der Waals surface area contributed by atoms with Crippen molar-refractivity contribution in [1.29, 1.82) is 0 Å². The Hall–Kier alpha value is 0.1000. The summed E-state index contributed by atoms with van der Waals surface area (Å²) in [7, 11) is 0. The first-order chi connectivity index (χ1) is 6.27. The molecule has 1 fully saturated rings. The molecule has 2 rings (SSSR count). The first-order valence-electron chi connectivity index (χ1n) is 4.44. The molecule has 1 saturated heterocycles. The summed E-state index contributed by atoms with van der Waals surface area (Å²) >= 11 is 4.38. The fourth-order valence-corrected chi connectivity index (χ4v) is 3.50. The van der Waals surface area contributed by atoms with Crippen LogP contribution >= 0.6 is 34.4 Å². The van der Waals surface area contributed by atoms with Gasteiger partial charge in [0.2, 0.25) is 0 Å². The molecule has 0 spiro atoms. The van der Waals surface area contributed by atoms with Gasteiger partial charge in [-0.3, -0.25) is 0 Å². The summed E-state index contributed by atoms with van der Waals surface area (Å²) in [6.07, 6.45) is 2.62. The zero-order valence-electron chi connectivity index (χ0n) is 7.29. The van der Waals surface area contributed by atoms with Crippen LogP contribution < -0.4 is 5.73 Å². The molecule has 3 heteroatoms. The highest BCUT2D eigenvalue weighted by molar-refractivity contribution is 14.1. The van der Waals surface area contributed by atoms with Gasteiger partial charge >= 0.3 is 0 Å². The van der Waals surface area contributed by atoms with Gasteiger partial charge in [-0.2, -0.15) is 11.8 Å². The maximum Gasteiger partial charge on any atom is 0.0358 e. The van der Waals surface area contributed by atoms with E-state index < -0.39 is 0 Å². The first kappa shape index (κ1) is 9.65. The number of hydrogen-bond donors (Lipinski definition) is 1. The van der Waals surface area contributed by atoms with E-state index in [0.717, 1.165) is 5.69 Å². The fourth-order valence-electron chi connectivity index (χ4n) is 1.65. The topological polar surface area (TPSA) is 26.0 Å². The molecular weight excluding hydrogens is 293 g/mol. The van der Waals surface area contributed by atoms with E-state index in [9.17, 15) is 0 Å². The van der Waals surface area contributed by atoms with Crippen LogP contribution in [0.4, 0.5) is 5.69 Å². The Morgan fingerprint density at radius 2 is 2.31 bits per heavy atom. The van der Waals surface area contributed by atoms with Gasteiger partial charge in [-0.15, -0.1) is 0 Å². The molecule has 0 amide bonds. The van der Waals surface area contributed by atoms with Crippen molar-refractivity contribution in [1.82, 2.24) is 0 Å². The predicted octanol–water partition coefficient (Wildman–Crippen LogP) is 3.44. The second-order valence-corrected chi connectivity index (χ2v) is 5.83. The van der Waals surface area contributed by atoms with E-state index in [-0.39, 0.29) is 0 Å². The zero-order chi connectivity index (χ0) is 9.26. The largest absolute Gasteiger partial charge is 0.398 e. The van der Waals surface area contributed by atoms with Gasteiger partial charge in [-0.25, -0.2) is 0 Å². The second-order valence-electron chi connectivity index (χ2n) is 3.27. The maximum atomic E-state index is 5.95. The predicted molar refractivity (Wildman–Crippen MR) is 68.0 cm³/mol. The van der Waals surface area contributed by atoms with Crippen LogP contribution in [-0.2, 0) is 0 Å². The van der Waals surface area contributed by atoms with Crippen LogP contribution in [0.2, 0.25) is 0 Å². The number of thioether (sulfide) groups is 1. The molecule has 1 aliphatic rings. The number of nitrogens with two attached hydrogens (primary N) is 1. The molecule has 0 aromatic heterocycles. The van der Waals surface area contributed by atoms with Crippen molar-refractivity contribution in [2.75, 3.05) is 11.5 Å². The lowest BCUT2D eigenvalue weighted by molar-refractivity contribution is 0.830. The Morgan fingerprint density at radius 1 is 1.46 bits per heavy atom.